The summed E-state index contributed by atoms with van der Waals surface area (Å²) in [7, 11) is 3.32. The van der Waals surface area contributed by atoms with Crippen LogP contribution >= 0.6 is 0 Å². The number of phenols is 1. The summed E-state index contributed by atoms with van der Waals surface area (Å²) in [5.74, 6) is 1.85. The molecule has 0 unspecified atom stereocenters. The van der Waals surface area contributed by atoms with Crippen LogP contribution in [-0.2, 0) is 5.41 Å². The Bertz CT molecular complexity index is 920. The highest BCUT2D eigenvalue weighted by atomic mass is 16.5. The van der Waals surface area contributed by atoms with Crippen molar-refractivity contribution >= 4 is 10.8 Å². The molecule has 0 fully saturated rings. The number of methoxy groups -OCH3 is 2. The van der Waals surface area contributed by atoms with Crippen molar-refractivity contribution in [2.45, 2.75) is 26.2 Å². The maximum absolute atomic E-state index is 11.0. The Hall–Kier alpha value is -2.68. The van der Waals surface area contributed by atoms with Gasteiger partial charge in [0.15, 0.2) is 0 Å². The van der Waals surface area contributed by atoms with Gasteiger partial charge in [-0.15, -0.1) is 0 Å². The monoisotopic (exact) mass is 336 g/mol. The van der Waals surface area contributed by atoms with Crippen molar-refractivity contribution in [3.05, 3.63) is 54.1 Å². The number of hydrogen-bond donors (Lipinski definition) is 1. The third-order valence-electron chi connectivity index (χ3n) is 4.52. The molecule has 3 aromatic rings. The van der Waals surface area contributed by atoms with Crippen LogP contribution in [0.15, 0.2) is 48.5 Å². The van der Waals surface area contributed by atoms with E-state index in [-0.39, 0.29) is 5.41 Å². The summed E-state index contributed by atoms with van der Waals surface area (Å²) in [6.07, 6.45) is 0. The smallest absolute Gasteiger partial charge is 0.127 e. The van der Waals surface area contributed by atoms with Gasteiger partial charge in [0, 0.05) is 16.5 Å². The summed E-state index contributed by atoms with van der Waals surface area (Å²) in [6.45, 7) is 6.24. The first-order valence-corrected chi connectivity index (χ1v) is 8.34. The topological polar surface area (TPSA) is 38.7 Å². The largest absolute Gasteiger partial charge is 0.507 e. The molecule has 3 heteroatoms. The highest BCUT2D eigenvalue weighted by Gasteiger charge is 2.23. The normalized spacial score (nSPS) is 11.6. The highest BCUT2D eigenvalue weighted by molar-refractivity contribution is 6.01. The summed E-state index contributed by atoms with van der Waals surface area (Å²) >= 11 is 0. The predicted octanol–water partition coefficient (Wildman–Crippen LogP) is 5.53. The SMILES string of the molecule is COc1cc(-c2ccc(OC)c3ccccc23)c(O)c(C(C)(C)C)c1. The number of fused-ring (bicyclic) bond motifs is 1. The van der Waals surface area contributed by atoms with Gasteiger partial charge in [-0.25, -0.2) is 0 Å². The Morgan fingerprint density at radius 2 is 1.48 bits per heavy atom. The number of rotatable bonds is 3. The number of hydrogen-bond acceptors (Lipinski definition) is 3. The Morgan fingerprint density at radius 3 is 2.08 bits per heavy atom. The Morgan fingerprint density at radius 1 is 0.800 bits per heavy atom. The Labute approximate surface area is 148 Å². The summed E-state index contributed by atoms with van der Waals surface area (Å²) in [6, 6.07) is 15.8. The molecule has 0 amide bonds. The first-order chi connectivity index (χ1) is 11.9. The van der Waals surface area contributed by atoms with E-state index < -0.39 is 0 Å². The van der Waals surface area contributed by atoms with Gasteiger partial charge in [-0.1, -0.05) is 45.0 Å². The van der Waals surface area contributed by atoms with Gasteiger partial charge in [-0.05, 0) is 40.6 Å². The van der Waals surface area contributed by atoms with Crippen molar-refractivity contribution in [1.29, 1.82) is 0 Å². The molecule has 1 N–H and O–H groups in total. The van der Waals surface area contributed by atoms with Crippen molar-refractivity contribution in [3.63, 3.8) is 0 Å². The van der Waals surface area contributed by atoms with E-state index in [4.69, 9.17) is 9.47 Å². The molecule has 0 heterocycles. The molecular formula is C22H24O3. The van der Waals surface area contributed by atoms with Crippen LogP contribution in [0.2, 0.25) is 0 Å². The minimum Gasteiger partial charge on any atom is -0.507 e. The zero-order valence-corrected chi connectivity index (χ0v) is 15.4. The number of ether oxygens (including phenoxy) is 2. The van der Waals surface area contributed by atoms with Crippen LogP contribution in [0.4, 0.5) is 0 Å². The lowest BCUT2D eigenvalue weighted by Crippen LogP contribution is -2.12. The third kappa shape index (κ3) is 3.02. The van der Waals surface area contributed by atoms with Crippen molar-refractivity contribution < 1.29 is 14.6 Å². The van der Waals surface area contributed by atoms with Crippen LogP contribution in [0.25, 0.3) is 21.9 Å². The van der Waals surface area contributed by atoms with E-state index in [1.807, 2.05) is 48.5 Å². The molecule has 3 nitrogen and oxygen atoms in total. The fourth-order valence-electron chi connectivity index (χ4n) is 3.19. The zero-order chi connectivity index (χ0) is 18.2. The van der Waals surface area contributed by atoms with Crippen molar-refractivity contribution in [3.8, 4) is 28.4 Å². The molecule has 0 saturated carbocycles. The van der Waals surface area contributed by atoms with Crippen molar-refractivity contribution in [1.82, 2.24) is 0 Å². The van der Waals surface area contributed by atoms with Crippen LogP contribution in [0, 0.1) is 0 Å². The molecule has 0 spiro atoms. The van der Waals surface area contributed by atoms with E-state index in [1.54, 1.807) is 14.2 Å². The van der Waals surface area contributed by atoms with E-state index in [0.717, 1.165) is 39.0 Å². The van der Waals surface area contributed by atoms with Gasteiger partial charge >= 0.3 is 0 Å². The molecule has 25 heavy (non-hydrogen) atoms. The van der Waals surface area contributed by atoms with Gasteiger partial charge in [0.25, 0.3) is 0 Å². The van der Waals surface area contributed by atoms with Crippen LogP contribution in [0.5, 0.6) is 17.2 Å². The molecular weight excluding hydrogens is 312 g/mol. The lowest BCUT2D eigenvalue weighted by Gasteiger charge is -2.23. The summed E-state index contributed by atoms with van der Waals surface area (Å²) in [4.78, 5) is 0. The minimum atomic E-state index is -0.199. The second-order valence-electron chi connectivity index (χ2n) is 7.18. The van der Waals surface area contributed by atoms with Gasteiger partial charge in [0.2, 0.25) is 0 Å². The number of benzene rings is 3. The zero-order valence-electron chi connectivity index (χ0n) is 15.4. The highest BCUT2D eigenvalue weighted by Crippen LogP contribution is 2.44. The summed E-state index contributed by atoms with van der Waals surface area (Å²) in [5.41, 5.74) is 2.39. The van der Waals surface area contributed by atoms with Crippen molar-refractivity contribution in [2.24, 2.45) is 0 Å². The molecule has 0 atom stereocenters. The molecule has 0 aliphatic rings. The van der Waals surface area contributed by atoms with Gasteiger partial charge in [0.05, 0.1) is 14.2 Å². The lowest BCUT2D eigenvalue weighted by atomic mass is 9.83. The summed E-state index contributed by atoms with van der Waals surface area (Å²) in [5, 5.41) is 13.0. The first-order valence-electron chi connectivity index (χ1n) is 8.34. The molecule has 0 aromatic heterocycles. The van der Waals surface area contributed by atoms with E-state index >= 15 is 0 Å². The molecule has 0 bridgehead atoms. The Kier molecular flexibility index (Phi) is 4.34. The first kappa shape index (κ1) is 17.2. The van der Waals surface area contributed by atoms with E-state index in [0.29, 0.717) is 5.75 Å². The van der Waals surface area contributed by atoms with Crippen LogP contribution in [0.3, 0.4) is 0 Å². The van der Waals surface area contributed by atoms with Gasteiger partial charge in [0.1, 0.15) is 17.2 Å². The van der Waals surface area contributed by atoms with Crippen LogP contribution < -0.4 is 9.47 Å². The van der Waals surface area contributed by atoms with E-state index in [9.17, 15) is 5.11 Å². The minimum absolute atomic E-state index is 0.199. The maximum Gasteiger partial charge on any atom is 0.127 e. The molecule has 3 aromatic carbocycles. The molecule has 0 aliphatic carbocycles. The average molecular weight is 336 g/mol. The number of aromatic hydroxyl groups is 1. The molecule has 0 saturated heterocycles. The van der Waals surface area contributed by atoms with Gasteiger partial charge < -0.3 is 14.6 Å². The molecule has 0 aliphatic heterocycles. The van der Waals surface area contributed by atoms with E-state index in [1.165, 1.54) is 0 Å². The quantitative estimate of drug-likeness (QED) is 0.684. The molecule has 130 valence electrons. The summed E-state index contributed by atoms with van der Waals surface area (Å²) < 4.78 is 11.0. The van der Waals surface area contributed by atoms with Crippen molar-refractivity contribution in [2.75, 3.05) is 14.2 Å². The average Bonchev–Trinajstić information content (AvgIpc) is 2.60. The fraction of sp³-hybridized carbons (Fsp3) is 0.273. The lowest BCUT2D eigenvalue weighted by molar-refractivity contribution is 0.406. The molecule has 3 rings (SSSR count). The van der Waals surface area contributed by atoms with E-state index in [2.05, 4.69) is 20.8 Å². The third-order valence-corrected chi connectivity index (χ3v) is 4.52. The second kappa shape index (κ2) is 6.32. The predicted molar refractivity (Wildman–Crippen MR) is 103 cm³/mol. The van der Waals surface area contributed by atoms with Crippen LogP contribution in [0.1, 0.15) is 26.3 Å². The standard InChI is InChI=1S/C22H24O3/c1-22(2,3)19-13-14(24-4)12-18(21(19)23)16-10-11-20(25-5)17-9-7-6-8-15(16)17/h6-13,23H,1-5H3. The maximum atomic E-state index is 11.0. The number of phenolic OH excluding ortho intramolecular Hbond substituents is 1. The molecule has 0 radical (unpaired) electrons. The van der Waals surface area contributed by atoms with Crippen LogP contribution in [-0.4, -0.2) is 19.3 Å². The fourth-order valence-corrected chi connectivity index (χ4v) is 3.19. The second-order valence-corrected chi connectivity index (χ2v) is 7.18. The van der Waals surface area contributed by atoms with Gasteiger partial charge in [-0.3, -0.25) is 0 Å². The van der Waals surface area contributed by atoms with Gasteiger partial charge in [-0.2, -0.15) is 0 Å². The Balaban J connectivity index is 2.36.